The molecule has 0 bridgehead atoms. The largest absolute Gasteiger partial charge is 0.393 e. The fourth-order valence-corrected chi connectivity index (χ4v) is 9.70. The molecule has 0 aliphatic heterocycles. The molecule has 1 aromatic rings. The fourth-order valence-electron chi connectivity index (χ4n) is 9.07. The van der Waals surface area contributed by atoms with Gasteiger partial charge in [-0.3, -0.25) is 9.52 Å². The lowest BCUT2D eigenvalue weighted by Crippen LogP contribution is -2.52. The number of nitrogens with one attached hydrogen (secondary N) is 1. The van der Waals surface area contributed by atoms with Gasteiger partial charge in [0, 0.05) is 11.3 Å². The van der Waals surface area contributed by atoms with Gasteiger partial charge in [0.05, 0.1) is 6.10 Å². The predicted octanol–water partition coefficient (Wildman–Crippen LogP) is 7.00. The van der Waals surface area contributed by atoms with E-state index in [1.807, 2.05) is 30.3 Å². The molecule has 2 N–H and O–H groups in total. The number of rotatable bonds is 6. The standard InChI is InChI=1S/C29H43NO2S/c1-28-17-7-6-9-20(28)14-15-22-23(28)16-18-29(2)24(26(31)19-25(22)29)12-8-13-27(32)30-33-21-10-4-3-5-11-21/h3-5,10-11,20,22-26,31H,6-9,12-19H2,1-2H3,(H,30,32). The van der Waals surface area contributed by atoms with Crippen LogP contribution in [0.1, 0.15) is 90.9 Å². The van der Waals surface area contributed by atoms with Gasteiger partial charge in [-0.05, 0) is 122 Å². The smallest absolute Gasteiger partial charge is 0.230 e. The zero-order valence-electron chi connectivity index (χ0n) is 20.6. The van der Waals surface area contributed by atoms with Crippen LogP contribution in [0.4, 0.5) is 0 Å². The molecule has 0 spiro atoms. The Bertz CT molecular complexity index is 830. The summed E-state index contributed by atoms with van der Waals surface area (Å²) in [7, 11) is 0. The molecule has 0 saturated heterocycles. The van der Waals surface area contributed by atoms with Gasteiger partial charge in [0.2, 0.25) is 5.91 Å². The summed E-state index contributed by atoms with van der Waals surface area (Å²) < 4.78 is 2.98. The molecule has 182 valence electrons. The van der Waals surface area contributed by atoms with Crippen LogP contribution in [0.5, 0.6) is 0 Å². The van der Waals surface area contributed by atoms with Crippen molar-refractivity contribution in [1.29, 1.82) is 0 Å². The highest BCUT2D eigenvalue weighted by atomic mass is 32.2. The first kappa shape index (κ1) is 23.7. The lowest BCUT2D eigenvalue weighted by molar-refractivity contribution is -0.120. The molecule has 0 heterocycles. The van der Waals surface area contributed by atoms with Crippen LogP contribution in [0.3, 0.4) is 0 Å². The van der Waals surface area contributed by atoms with Gasteiger partial charge in [-0.2, -0.15) is 0 Å². The van der Waals surface area contributed by atoms with Gasteiger partial charge in [0.15, 0.2) is 0 Å². The highest BCUT2D eigenvalue weighted by Gasteiger charge is 2.61. The van der Waals surface area contributed by atoms with E-state index in [9.17, 15) is 9.90 Å². The zero-order valence-corrected chi connectivity index (χ0v) is 21.4. The molecule has 8 atom stereocenters. The average Bonchev–Trinajstić information content (AvgIpc) is 3.08. The van der Waals surface area contributed by atoms with E-state index >= 15 is 0 Å². The Balaban J connectivity index is 1.18. The zero-order chi connectivity index (χ0) is 23.1. The van der Waals surface area contributed by atoms with Crippen molar-refractivity contribution in [1.82, 2.24) is 4.72 Å². The SMILES string of the molecule is CC12CCCCC1CCC1C2CCC2(C)C(CCCC(=O)NSc3ccccc3)C(O)CC12. The molecule has 0 aromatic heterocycles. The Morgan fingerprint density at radius 1 is 1.03 bits per heavy atom. The van der Waals surface area contributed by atoms with Gasteiger partial charge >= 0.3 is 0 Å². The monoisotopic (exact) mass is 469 g/mol. The lowest BCUT2D eigenvalue weighted by Gasteiger charge is -2.60. The number of aliphatic hydroxyl groups is 1. The summed E-state index contributed by atoms with van der Waals surface area (Å²) in [5.41, 5.74) is 0.813. The molecule has 1 aromatic carbocycles. The van der Waals surface area contributed by atoms with E-state index in [1.165, 1.54) is 63.3 Å². The van der Waals surface area contributed by atoms with E-state index < -0.39 is 0 Å². The minimum atomic E-state index is -0.183. The molecule has 5 rings (SSSR count). The molecule has 4 saturated carbocycles. The Morgan fingerprint density at radius 2 is 1.85 bits per heavy atom. The number of benzene rings is 1. The molecule has 1 amide bonds. The second-order valence-corrected chi connectivity index (χ2v) is 13.1. The topological polar surface area (TPSA) is 49.3 Å². The van der Waals surface area contributed by atoms with E-state index in [0.717, 1.165) is 41.9 Å². The van der Waals surface area contributed by atoms with Crippen molar-refractivity contribution < 1.29 is 9.90 Å². The molecule has 3 nitrogen and oxygen atoms in total. The summed E-state index contributed by atoms with van der Waals surface area (Å²) >= 11 is 1.40. The molecule has 4 fully saturated rings. The molecular weight excluding hydrogens is 426 g/mol. The first-order chi connectivity index (χ1) is 15.9. The summed E-state index contributed by atoms with van der Waals surface area (Å²) in [6.45, 7) is 5.13. The van der Waals surface area contributed by atoms with Crippen molar-refractivity contribution in [2.75, 3.05) is 0 Å². The molecule has 33 heavy (non-hydrogen) atoms. The molecule has 4 heteroatoms. The molecule has 8 unspecified atom stereocenters. The Labute approximate surface area is 205 Å². The van der Waals surface area contributed by atoms with Crippen LogP contribution >= 0.6 is 11.9 Å². The van der Waals surface area contributed by atoms with E-state index in [0.29, 0.717) is 23.7 Å². The van der Waals surface area contributed by atoms with Crippen molar-refractivity contribution in [3.63, 3.8) is 0 Å². The van der Waals surface area contributed by atoms with Crippen LogP contribution in [-0.2, 0) is 4.79 Å². The molecule has 4 aliphatic rings. The minimum Gasteiger partial charge on any atom is -0.393 e. The third-order valence-corrected chi connectivity index (χ3v) is 11.6. The summed E-state index contributed by atoms with van der Waals surface area (Å²) in [6, 6.07) is 9.99. The summed E-state index contributed by atoms with van der Waals surface area (Å²) in [6.07, 6.45) is 14.4. The third-order valence-electron chi connectivity index (χ3n) is 10.8. The van der Waals surface area contributed by atoms with Crippen LogP contribution in [0.25, 0.3) is 0 Å². The molecular formula is C29H43NO2S. The number of amides is 1. The van der Waals surface area contributed by atoms with Crippen molar-refractivity contribution in [2.24, 2.45) is 40.4 Å². The van der Waals surface area contributed by atoms with Gasteiger partial charge in [-0.25, -0.2) is 0 Å². The summed E-state index contributed by atoms with van der Waals surface area (Å²) in [4.78, 5) is 13.5. The van der Waals surface area contributed by atoms with E-state index in [1.54, 1.807) is 0 Å². The maximum Gasteiger partial charge on any atom is 0.230 e. The van der Waals surface area contributed by atoms with Gasteiger partial charge in [0.1, 0.15) is 0 Å². The lowest BCUT2D eigenvalue weighted by atomic mass is 9.45. The number of carbonyl (C=O) groups excluding carboxylic acids is 1. The second-order valence-electron chi connectivity index (χ2n) is 12.2. The van der Waals surface area contributed by atoms with Crippen molar-refractivity contribution in [3.05, 3.63) is 30.3 Å². The van der Waals surface area contributed by atoms with Crippen LogP contribution in [0.15, 0.2) is 35.2 Å². The number of hydrogen-bond acceptors (Lipinski definition) is 3. The molecule has 4 aliphatic carbocycles. The normalized spacial score (nSPS) is 42.2. The van der Waals surface area contributed by atoms with Gasteiger partial charge < -0.3 is 5.11 Å². The minimum absolute atomic E-state index is 0.102. The first-order valence-electron chi connectivity index (χ1n) is 13.6. The van der Waals surface area contributed by atoms with Crippen molar-refractivity contribution in [3.8, 4) is 0 Å². The fraction of sp³-hybridized carbons (Fsp3) is 0.759. The Kier molecular flexibility index (Phi) is 6.88. The first-order valence-corrected chi connectivity index (χ1v) is 14.4. The van der Waals surface area contributed by atoms with E-state index in [2.05, 4.69) is 18.6 Å². The maximum atomic E-state index is 12.4. The van der Waals surface area contributed by atoms with Crippen LogP contribution in [0, 0.1) is 40.4 Å². The maximum absolute atomic E-state index is 12.4. The van der Waals surface area contributed by atoms with Crippen LogP contribution < -0.4 is 4.72 Å². The summed E-state index contributed by atoms with van der Waals surface area (Å²) in [5, 5.41) is 11.2. The predicted molar refractivity (Wildman–Crippen MR) is 136 cm³/mol. The van der Waals surface area contributed by atoms with Crippen LogP contribution in [0.2, 0.25) is 0 Å². The van der Waals surface area contributed by atoms with Gasteiger partial charge in [0.25, 0.3) is 0 Å². The number of carbonyl (C=O) groups is 1. The van der Waals surface area contributed by atoms with E-state index in [-0.39, 0.29) is 17.4 Å². The quantitative estimate of drug-likeness (QED) is 0.441. The third kappa shape index (κ3) is 4.40. The van der Waals surface area contributed by atoms with E-state index in [4.69, 9.17) is 0 Å². The highest BCUT2D eigenvalue weighted by Crippen LogP contribution is 2.67. The molecule has 0 radical (unpaired) electrons. The number of fused-ring (bicyclic) bond motifs is 5. The average molecular weight is 470 g/mol. The highest BCUT2D eigenvalue weighted by molar-refractivity contribution is 7.98. The summed E-state index contributed by atoms with van der Waals surface area (Å²) in [5.74, 6) is 3.78. The van der Waals surface area contributed by atoms with Gasteiger partial charge in [-0.1, -0.05) is 44.9 Å². The van der Waals surface area contributed by atoms with Gasteiger partial charge in [-0.15, -0.1) is 0 Å². The van der Waals surface area contributed by atoms with Crippen LogP contribution in [-0.4, -0.2) is 17.1 Å². The van der Waals surface area contributed by atoms with Crippen molar-refractivity contribution in [2.45, 2.75) is 102 Å². The number of aliphatic hydroxyl groups excluding tert-OH is 1. The Morgan fingerprint density at radius 3 is 2.67 bits per heavy atom. The number of hydrogen-bond donors (Lipinski definition) is 2. The second kappa shape index (κ2) is 9.57. The Hall–Kier alpha value is -1.00. The van der Waals surface area contributed by atoms with Crippen molar-refractivity contribution >= 4 is 17.9 Å².